The van der Waals surface area contributed by atoms with Gasteiger partial charge in [-0.15, -0.1) is 0 Å². The lowest BCUT2D eigenvalue weighted by Gasteiger charge is -2.41. The average Bonchev–Trinajstić information content (AvgIpc) is 2.59. The van der Waals surface area contributed by atoms with E-state index in [1.807, 2.05) is 0 Å². The molecule has 1 heterocycles. The number of carbonyl (C=O) groups excluding carboxylic acids is 3. The molecule has 2 N–H and O–H groups in total. The summed E-state index contributed by atoms with van der Waals surface area (Å²) < 4.78 is 5.38. The van der Waals surface area contributed by atoms with E-state index in [1.165, 1.54) is 6.92 Å². The number of ether oxygens (including phenoxy) is 1. The lowest BCUT2D eigenvalue weighted by atomic mass is 9.64. The van der Waals surface area contributed by atoms with Crippen LogP contribution in [0.3, 0.4) is 0 Å². The van der Waals surface area contributed by atoms with Crippen molar-refractivity contribution in [2.45, 2.75) is 25.2 Å². The van der Waals surface area contributed by atoms with Crippen LogP contribution in [0.4, 0.5) is 0 Å². The van der Waals surface area contributed by atoms with Crippen LogP contribution in [0.1, 0.15) is 30.9 Å². The van der Waals surface area contributed by atoms with Crippen LogP contribution in [-0.4, -0.2) is 42.3 Å². The fourth-order valence-electron chi connectivity index (χ4n) is 3.50. The average molecular weight is 364 g/mol. The molecule has 0 atom stereocenters. The van der Waals surface area contributed by atoms with Gasteiger partial charge in [0.05, 0.1) is 12.0 Å². The van der Waals surface area contributed by atoms with E-state index < -0.39 is 22.9 Å². The van der Waals surface area contributed by atoms with Crippen molar-refractivity contribution < 1.29 is 24.2 Å². The third-order valence-corrected chi connectivity index (χ3v) is 5.03. The summed E-state index contributed by atoms with van der Waals surface area (Å²) >= 11 is 6.35. The summed E-state index contributed by atoms with van der Waals surface area (Å²) in [6, 6.07) is 4.96. The van der Waals surface area contributed by atoms with E-state index in [-0.39, 0.29) is 17.9 Å². The van der Waals surface area contributed by atoms with Crippen molar-refractivity contribution in [1.29, 1.82) is 0 Å². The molecule has 7 heteroatoms. The van der Waals surface area contributed by atoms with E-state index in [0.29, 0.717) is 42.2 Å². The molecule has 1 aliphatic heterocycles. The predicted molar refractivity (Wildman–Crippen MR) is 91.4 cm³/mol. The van der Waals surface area contributed by atoms with Gasteiger partial charge >= 0.3 is 0 Å². The first-order valence-electron chi connectivity index (χ1n) is 8.01. The highest BCUT2D eigenvalue weighted by molar-refractivity contribution is 6.34. The summed E-state index contributed by atoms with van der Waals surface area (Å²) in [4.78, 5) is 36.8. The largest absolute Gasteiger partial charge is 0.506 e. The third kappa shape index (κ3) is 2.85. The molecule has 0 radical (unpaired) electrons. The maximum atomic E-state index is 13.2. The summed E-state index contributed by atoms with van der Waals surface area (Å²) in [6.07, 6.45) is 0.749. The monoisotopic (exact) mass is 363 g/mol. The van der Waals surface area contributed by atoms with Gasteiger partial charge in [0.25, 0.3) is 5.91 Å². The number of aliphatic hydroxyl groups excluding tert-OH is 1. The molecule has 0 aromatic heterocycles. The molecule has 1 aromatic carbocycles. The molecule has 1 aliphatic carbocycles. The molecule has 25 heavy (non-hydrogen) atoms. The number of carbonyl (C=O) groups is 3. The molecular formula is C18H18ClNO5. The maximum Gasteiger partial charge on any atom is 0.259 e. The highest BCUT2D eigenvalue weighted by Gasteiger charge is 2.51. The first kappa shape index (κ1) is 17.6. The van der Waals surface area contributed by atoms with Crippen molar-refractivity contribution in [3.05, 3.63) is 39.9 Å². The minimum atomic E-state index is -0.999. The molecule has 0 bridgehead atoms. The number of amides is 1. The van der Waals surface area contributed by atoms with Crippen LogP contribution in [0.25, 0.3) is 5.76 Å². The van der Waals surface area contributed by atoms with Gasteiger partial charge in [0.1, 0.15) is 17.1 Å². The minimum absolute atomic E-state index is 0.207. The summed E-state index contributed by atoms with van der Waals surface area (Å²) in [5, 5.41) is 13.4. The van der Waals surface area contributed by atoms with Gasteiger partial charge in [-0.05, 0) is 31.4 Å². The molecule has 0 unspecified atom stereocenters. The topological polar surface area (TPSA) is 92.7 Å². The summed E-state index contributed by atoms with van der Waals surface area (Å²) in [7, 11) is 0. The van der Waals surface area contributed by atoms with Gasteiger partial charge in [0.15, 0.2) is 5.78 Å². The van der Waals surface area contributed by atoms with E-state index >= 15 is 0 Å². The number of halogens is 1. The molecule has 1 amide bonds. The Morgan fingerprint density at radius 3 is 2.64 bits per heavy atom. The normalized spacial score (nSPS) is 18.9. The number of benzene rings is 1. The van der Waals surface area contributed by atoms with Crippen LogP contribution < -0.4 is 5.32 Å². The zero-order chi connectivity index (χ0) is 18.2. The van der Waals surface area contributed by atoms with Gasteiger partial charge in [-0.25, -0.2) is 0 Å². The van der Waals surface area contributed by atoms with Crippen molar-refractivity contribution >= 4 is 34.8 Å². The highest BCUT2D eigenvalue weighted by Crippen LogP contribution is 2.48. The molecular weight excluding hydrogens is 346 g/mol. The van der Waals surface area contributed by atoms with E-state index in [1.54, 1.807) is 18.2 Å². The Kier molecular flexibility index (Phi) is 4.67. The van der Waals surface area contributed by atoms with Gasteiger partial charge in [-0.1, -0.05) is 23.7 Å². The number of ketones is 2. The Labute approximate surface area is 149 Å². The van der Waals surface area contributed by atoms with Crippen molar-refractivity contribution in [3.63, 3.8) is 0 Å². The maximum absolute atomic E-state index is 13.2. The molecule has 132 valence electrons. The van der Waals surface area contributed by atoms with Crippen molar-refractivity contribution in [2.75, 3.05) is 19.8 Å². The highest BCUT2D eigenvalue weighted by atomic mass is 35.5. The Morgan fingerprint density at radius 1 is 1.32 bits per heavy atom. The molecule has 2 aliphatic rings. The molecule has 1 fully saturated rings. The fourth-order valence-corrected chi connectivity index (χ4v) is 3.86. The van der Waals surface area contributed by atoms with Gasteiger partial charge in [-0.3, -0.25) is 14.4 Å². The second-order valence-corrected chi connectivity index (χ2v) is 6.70. The Balaban J connectivity index is 2.16. The van der Waals surface area contributed by atoms with E-state index in [4.69, 9.17) is 16.3 Å². The number of hydrogen-bond acceptors (Lipinski definition) is 5. The number of fused-ring (bicyclic) bond motifs is 2. The zero-order valence-electron chi connectivity index (χ0n) is 13.7. The van der Waals surface area contributed by atoms with Crippen molar-refractivity contribution in [1.82, 2.24) is 5.32 Å². The van der Waals surface area contributed by atoms with Crippen LogP contribution >= 0.6 is 11.6 Å². The van der Waals surface area contributed by atoms with Crippen LogP contribution in [0.2, 0.25) is 5.02 Å². The van der Waals surface area contributed by atoms with E-state index in [0.717, 1.165) is 0 Å². The second kappa shape index (κ2) is 6.61. The first-order chi connectivity index (χ1) is 11.9. The van der Waals surface area contributed by atoms with Crippen LogP contribution in [0.15, 0.2) is 23.8 Å². The van der Waals surface area contributed by atoms with E-state index in [9.17, 15) is 19.5 Å². The van der Waals surface area contributed by atoms with Gasteiger partial charge in [0.2, 0.25) is 0 Å². The lowest BCUT2D eigenvalue weighted by molar-refractivity contribution is -0.129. The van der Waals surface area contributed by atoms with Gasteiger partial charge < -0.3 is 15.2 Å². The Hall–Kier alpha value is -2.18. The summed E-state index contributed by atoms with van der Waals surface area (Å²) in [5.41, 5.74) is -0.397. The van der Waals surface area contributed by atoms with Crippen LogP contribution in [-0.2, 0) is 24.5 Å². The Bertz CT molecular complexity index is 793. The van der Waals surface area contributed by atoms with Crippen molar-refractivity contribution in [3.8, 4) is 0 Å². The molecule has 1 spiro atoms. The number of rotatable bonds is 3. The van der Waals surface area contributed by atoms with E-state index in [2.05, 4.69) is 5.32 Å². The molecule has 1 aromatic rings. The first-order valence-corrected chi connectivity index (χ1v) is 8.39. The van der Waals surface area contributed by atoms with Gasteiger partial charge in [0, 0.05) is 23.8 Å². The third-order valence-electron chi connectivity index (χ3n) is 4.72. The van der Waals surface area contributed by atoms with Crippen molar-refractivity contribution in [2.24, 2.45) is 0 Å². The molecule has 0 saturated carbocycles. The molecule has 1 saturated heterocycles. The lowest BCUT2D eigenvalue weighted by Crippen LogP contribution is -2.48. The zero-order valence-corrected chi connectivity index (χ0v) is 14.5. The van der Waals surface area contributed by atoms with Crippen LogP contribution in [0, 0.1) is 0 Å². The second-order valence-electron chi connectivity index (χ2n) is 6.29. The summed E-state index contributed by atoms with van der Waals surface area (Å²) in [6.45, 7) is 1.84. The smallest absolute Gasteiger partial charge is 0.259 e. The number of aliphatic hydroxyl groups is 1. The number of Topliss-reactive ketones (excluding diaryl/α,β-unsaturated/α-hetero) is 2. The predicted octanol–water partition coefficient (Wildman–Crippen LogP) is 1.95. The molecule has 6 nitrogen and oxygen atoms in total. The molecule has 3 rings (SSSR count). The number of nitrogens with one attached hydrogen (secondary N) is 1. The quantitative estimate of drug-likeness (QED) is 0.801. The SMILES string of the molecule is CC(=O)CNC(=O)C1=C(O)c2cccc(Cl)c2C2(CCOCC2)C1=O. The number of hydrogen-bond donors (Lipinski definition) is 2. The Morgan fingerprint density at radius 2 is 2.00 bits per heavy atom. The fraction of sp³-hybridized carbons (Fsp3) is 0.389. The standard InChI is InChI=1S/C18H18ClNO5/c1-10(21)9-20-17(24)13-15(22)11-3-2-4-12(19)14(11)18(16(13)23)5-7-25-8-6-18/h2-4,22H,5-9H2,1H3,(H,20,24). The van der Waals surface area contributed by atoms with Gasteiger partial charge in [-0.2, -0.15) is 0 Å². The van der Waals surface area contributed by atoms with Crippen LogP contribution in [0.5, 0.6) is 0 Å². The summed E-state index contributed by atoms with van der Waals surface area (Å²) in [5.74, 6) is -1.88. The minimum Gasteiger partial charge on any atom is -0.506 e.